The van der Waals surface area contributed by atoms with Crippen LogP contribution >= 0.6 is 0 Å². The average Bonchev–Trinajstić information content (AvgIpc) is 3.69. The summed E-state index contributed by atoms with van der Waals surface area (Å²) in [5, 5.41) is 16.6. The number of nitrogens with one attached hydrogen (secondary N) is 1. The molecule has 2 N–H and O–H groups in total. The van der Waals surface area contributed by atoms with Crippen LogP contribution in [-0.4, -0.2) is 76.4 Å². The van der Waals surface area contributed by atoms with E-state index in [1.54, 1.807) is 0 Å². The summed E-state index contributed by atoms with van der Waals surface area (Å²) >= 11 is 0. The molecule has 8 nitrogen and oxygen atoms in total. The zero-order chi connectivity index (χ0) is 28.5. The first-order valence-corrected chi connectivity index (χ1v) is 16.9. The lowest BCUT2D eigenvalue weighted by Crippen LogP contribution is -2.52. The van der Waals surface area contributed by atoms with Gasteiger partial charge >= 0.3 is 6.01 Å². The molecule has 6 heterocycles. The van der Waals surface area contributed by atoms with Gasteiger partial charge in [-0.1, -0.05) is 37.1 Å². The van der Waals surface area contributed by atoms with Gasteiger partial charge in [-0.25, -0.2) is 0 Å². The molecule has 3 aromatic rings. The van der Waals surface area contributed by atoms with Crippen molar-refractivity contribution in [3.8, 4) is 11.8 Å². The van der Waals surface area contributed by atoms with Crippen LogP contribution in [0.1, 0.15) is 69.0 Å². The van der Waals surface area contributed by atoms with E-state index < -0.39 is 0 Å². The molecular formula is C35H44N6O2. The first kappa shape index (κ1) is 26.3. The summed E-state index contributed by atoms with van der Waals surface area (Å²) < 4.78 is 6.73. The lowest BCUT2D eigenvalue weighted by Gasteiger charge is -2.38. The molecule has 5 atom stereocenters. The lowest BCUT2D eigenvalue weighted by atomic mass is 9.82. The molecule has 5 fully saturated rings. The Morgan fingerprint density at radius 2 is 1.81 bits per heavy atom. The highest BCUT2D eigenvalue weighted by Gasteiger charge is 2.54. The Labute approximate surface area is 254 Å². The SMILES string of the molecule is Oc1cc(N2CCc3c(nc(OCC45CCCN4C4CCCCC4C5)nc3N3CC4CCC(C3)N4)C2)c2ccccc2c1. The number of hydrogen-bond donors (Lipinski definition) is 2. The summed E-state index contributed by atoms with van der Waals surface area (Å²) in [5.41, 5.74) is 3.57. The van der Waals surface area contributed by atoms with Gasteiger partial charge in [-0.05, 0) is 75.3 Å². The van der Waals surface area contributed by atoms with E-state index in [0.29, 0.717) is 37.0 Å². The fourth-order valence-electron chi connectivity index (χ4n) is 9.86. The fraction of sp³-hybridized carbons (Fsp3) is 0.600. The molecule has 8 heteroatoms. The molecule has 1 aromatic heterocycles. The lowest BCUT2D eigenvalue weighted by molar-refractivity contribution is 0.0774. The van der Waals surface area contributed by atoms with Crippen molar-refractivity contribution in [1.29, 1.82) is 0 Å². The molecule has 5 unspecified atom stereocenters. The van der Waals surface area contributed by atoms with Crippen molar-refractivity contribution in [3.05, 3.63) is 47.7 Å². The maximum absolute atomic E-state index is 10.6. The fourth-order valence-corrected chi connectivity index (χ4v) is 9.86. The van der Waals surface area contributed by atoms with Gasteiger partial charge in [0, 0.05) is 60.5 Å². The normalized spacial score (nSPS) is 31.7. The average molecular weight is 581 g/mol. The topological polar surface area (TPSA) is 77.0 Å². The molecule has 226 valence electrons. The number of aromatic hydroxyl groups is 1. The second kappa shape index (κ2) is 10.2. The van der Waals surface area contributed by atoms with Gasteiger partial charge in [-0.2, -0.15) is 9.97 Å². The van der Waals surface area contributed by atoms with E-state index in [-0.39, 0.29) is 5.54 Å². The molecule has 9 rings (SSSR count). The van der Waals surface area contributed by atoms with Crippen LogP contribution in [0.4, 0.5) is 11.5 Å². The van der Waals surface area contributed by atoms with Crippen molar-refractivity contribution in [2.24, 2.45) is 5.92 Å². The summed E-state index contributed by atoms with van der Waals surface area (Å²) in [4.78, 5) is 18.1. The molecular weight excluding hydrogens is 536 g/mol. The molecule has 43 heavy (non-hydrogen) atoms. The minimum absolute atomic E-state index is 0.153. The summed E-state index contributed by atoms with van der Waals surface area (Å²) in [6.45, 7) is 5.48. The number of phenolic OH excluding ortho intramolecular Hbond substituents is 1. The Morgan fingerprint density at radius 1 is 0.953 bits per heavy atom. The van der Waals surface area contributed by atoms with Gasteiger partial charge in [-0.15, -0.1) is 0 Å². The van der Waals surface area contributed by atoms with Gasteiger partial charge in [0.05, 0.1) is 17.8 Å². The Kier molecular flexibility index (Phi) is 6.26. The molecule has 5 aliphatic heterocycles. The zero-order valence-corrected chi connectivity index (χ0v) is 25.2. The van der Waals surface area contributed by atoms with E-state index in [0.717, 1.165) is 66.0 Å². The van der Waals surface area contributed by atoms with Gasteiger partial charge in [0.25, 0.3) is 0 Å². The van der Waals surface area contributed by atoms with Crippen molar-refractivity contribution in [2.75, 3.05) is 42.6 Å². The van der Waals surface area contributed by atoms with Crippen LogP contribution in [-0.2, 0) is 13.0 Å². The third kappa shape index (κ3) is 4.47. The van der Waals surface area contributed by atoms with E-state index in [2.05, 4.69) is 38.2 Å². The van der Waals surface area contributed by atoms with Crippen LogP contribution in [0.15, 0.2) is 36.4 Å². The van der Waals surface area contributed by atoms with Crippen molar-refractivity contribution in [3.63, 3.8) is 0 Å². The van der Waals surface area contributed by atoms with E-state index in [4.69, 9.17) is 14.7 Å². The summed E-state index contributed by atoms with van der Waals surface area (Å²) in [7, 11) is 0. The summed E-state index contributed by atoms with van der Waals surface area (Å²) in [6.07, 6.45) is 12.7. The number of fused-ring (bicyclic) bond motifs is 7. The highest BCUT2D eigenvalue weighted by Crippen LogP contribution is 2.50. The molecule has 2 aromatic carbocycles. The van der Waals surface area contributed by atoms with Crippen molar-refractivity contribution >= 4 is 22.3 Å². The van der Waals surface area contributed by atoms with Gasteiger partial charge in [-0.3, -0.25) is 4.90 Å². The third-order valence-electron chi connectivity index (χ3n) is 11.7. The molecule has 0 radical (unpaired) electrons. The molecule has 0 amide bonds. The number of rotatable bonds is 5. The number of anilines is 2. The molecule has 6 aliphatic rings. The third-order valence-corrected chi connectivity index (χ3v) is 11.7. The van der Waals surface area contributed by atoms with Gasteiger partial charge < -0.3 is 25.0 Å². The van der Waals surface area contributed by atoms with Crippen LogP contribution in [0.3, 0.4) is 0 Å². The maximum Gasteiger partial charge on any atom is 0.318 e. The number of piperazine rings is 1. The largest absolute Gasteiger partial charge is 0.508 e. The highest BCUT2D eigenvalue weighted by molar-refractivity contribution is 5.95. The smallest absolute Gasteiger partial charge is 0.318 e. The Hall–Kier alpha value is -3.10. The monoisotopic (exact) mass is 580 g/mol. The summed E-state index contributed by atoms with van der Waals surface area (Å²) in [5.74, 6) is 2.24. The van der Waals surface area contributed by atoms with E-state index in [9.17, 15) is 5.11 Å². The van der Waals surface area contributed by atoms with Crippen molar-refractivity contribution < 1.29 is 9.84 Å². The number of phenols is 1. The van der Waals surface area contributed by atoms with Crippen LogP contribution in [0, 0.1) is 5.92 Å². The Morgan fingerprint density at radius 3 is 2.72 bits per heavy atom. The number of nitrogens with zero attached hydrogens (tertiary/aromatic N) is 5. The number of benzene rings is 2. The molecule has 1 saturated carbocycles. The standard InChI is InChI=1S/C35H44N6O2/c42-27-16-23-6-1-3-8-28(23)32(17-27)39-15-12-29-30(21-39)37-34(38-33(29)40-19-25-10-11-26(20-40)36-25)43-22-35-13-5-14-41(35)31-9-4-2-7-24(31)18-35/h1,3,6,8,16-17,24-26,31,36,42H,2,4-5,7,9-15,18-22H2. The highest BCUT2D eigenvalue weighted by atomic mass is 16.5. The minimum Gasteiger partial charge on any atom is -0.508 e. The minimum atomic E-state index is 0.153. The number of aromatic nitrogens is 2. The number of ether oxygens (including phenoxy) is 1. The van der Waals surface area contributed by atoms with Crippen molar-refractivity contribution in [2.45, 2.75) is 94.4 Å². The van der Waals surface area contributed by atoms with Crippen LogP contribution in [0.5, 0.6) is 11.8 Å². The maximum atomic E-state index is 10.6. The van der Waals surface area contributed by atoms with Crippen LogP contribution < -0.4 is 19.9 Å². The molecule has 2 bridgehead atoms. The number of hydrogen-bond acceptors (Lipinski definition) is 8. The first-order valence-electron chi connectivity index (χ1n) is 16.9. The molecule has 0 spiro atoms. The molecule has 1 aliphatic carbocycles. The quantitative estimate of drug-likeness (QED) is 0.436. The second-order valence-corrected chi connectivity index (χ2v) is 14.3. The molecule has 4 saturated heterocycles. The zero-order valence-electron chi connectivity index (χ0n) is 25.2. The Bertz CT molecular complexity index is 1530. The van der Waals surface area contributed by atoms with E-state index in [1.165, 1.54) is 69.9 Å². The first-order chi connectivity index (χ1) is 21.1. The Balaban J connectivity index is 1.05. The second-order valence-electron chi connectivity index (χ2n) is 14.3. The van der Waals surface area contributed by atoms with Crippen molar-refractivity contribution in [1.82, 2.24) is 20.2 Å². The van der Waals surface area contributed by atoms with Gasteiger partial charge in [0.2, 0.25) is 0 Å². The van der Waals surface area contributed by atoms with Crippen LogP contribution in [0.2, 0.25) is 0 Å². The summed E-state index contributed by atoms with van der Waals surface area (Å²) in [6, 6.07) is 14.5. The van der Waals surface area contributed by atoms with Crippen LogP contribution in [0.25, 0.3) is 10.8 Å². The van der Waals surface area contributed by atoms with Gasteiger partial charge in [0.1, 0.15) is 18.2 Å². The predicted molar refractivity (Wildman–Crippen MR) is 169 cm³/mol. The van der Waals surface area contributed by atoms with E-state index >= 15 is 0 Å². The van der Waals surface area contributed by atoms with E-state index in [1.807, 2.05) is 18.2 Å². The predicted octanol–water partition coefficient (Wildman–Crippen LogP) is 5.01. The van der Waals surface area contributed by atoms with Gasteiger partial charge in [0.15, 0.2) is 0 Å².